The average molecular weight is 290 g/mol. The second kappa shape index (κ2) is 6.31. The van der Waals surface area contributed by atoms with Crippen LogP contribution in [-0.2, 0) is 6.61 Å². The van der Waals surface area contributed by atoms with Crippen molar-refractivity contribution < 1.29 is 4.74 Å². The molecule has 22 heavy (non-hydrogen) atoms. The third-order valence-electron chi connectivity index (χ3n) is 3.46. The number of nitrogen functional groups attached to an aromatic ring is 1. The summed E-state index contributed by atoms with van der Waals surface area (Å²) in [6.07, 6.45) is 3.65. The monoisotopic (exact) mass is 290 g/mol. The van der Waals surface area contributed by atoms with Crippen molar-refractivity contribution in [3.05, 3.63) is 78.1 Å². The van der Waals surface area contributed by atoms with Gasteiger partial charge in [-0.3, -0.25) is 4.98 Å². The molecule has 2 aromatic carbocycles. The van der Waals surface area contributed by atoms with Crippen LogP contribution in [0.15, 0.2) is 67.0 Å². The van der Waals surface area contributed by atoms with Crippen molar-refractivity contribution in [2.45, 2.75) is 13.5 Å². The number of hydrogen-bond donors (Lipinski definition) is 1. The van der Waals surface area contributed by atoms with Crippen LogP contribution in [-0.4, -0.2) is 4.98 Å². The number of ether oxygens (including phenoxy) is 1. The van der Waals surface area contributed by atoms with Crippen molar-refractivity contribution in [1.82, 2.24) is 4.98 Å². The molecule has 0 aliphatic rings. The molecule has 0 bridgehead atoms. The molecular weight excluding hydrogens is 272 g/mol. The fraction of sp³-hybridized carbons (Fsp3) is 0.105. The standard InChI is InChI=1S/C19H18N2O/c1-14-9-16(12-21-11-14)18-10-17(7-8-19(18)20)22-13-15-5-3-2-4-6-15/h2-12H,13,20H2,1H3. The van der Waals surface area contributed by atoms with Gasteiger partial charge >= 0.3 is 0 Å². The van der Waals surface area contributed by atoms with Gasteiger partial charge in [0.15, 0.2) is 0 Å². The second-order valence-electron chi connectivity index (χ2n) is 5.27. The Morgan fingerprint density at radius 3 is 2.59 bits per heavy atom. The Balaban J connectivity index is 1.84. The van der Waals surface area contributed by atoms with E-state index in [-0.39, 0.29) is 0 Å². The highest BCUT2D eigenvalue weighted by Crippen LogP contribution is 2.30. The number of hydrogen-bond acceptors (Lipinski definition) is 3. The third kappa shape index (κ3) is 3.26. The van der Waals surface area contributed by atoms with Crippen LogP contribution >= 0.6 is 0 Å². The van der Waals surface area contributed by atoms with Crippen LogP contribution in [0.4, 0.5) is 5.69 Å². The zero-order valence-electron chi connectivity index (χ0n) is 12.5. The van der Waals surface area contributed by atoms with Crippen molar-refractivity contribution in [3.8, 4) is 16.9 Å². The minimum atomic E-state index is 0.538. The zero-order chi connectivity index (χ0) is 15.4. The molecule has 2 N–H and O–H groups in total. The number of nitrogens with two attached hydrogens (primary N) is 1. The van der Waals surface area contributed by atoms with Gasteiger partial charge in [0.1, 0.15) is 12.4 Å². The van der Waals surface area contributed by atoms with Crippen molar-refractivity contribution in [1.29, 1.82) is 0 Å². The van der Waals surface area contributed by atoms with E-state index in [1.54, 1.807) is 0 Å². The number of anilines is 1. The Morgan fingerprint density at radius 2 is 1.82 bits per heavy atom. The number of rotatable bonds is 4. The van der Waals surface area contributed by atoms with Crippen LogP contribution in [0.25, 0.3) is 11.1 Å². The second-order valence-corrected chi connectivity index (χ2v) is 5.27. The van der Waals surface area contributed by atoms with Gasteiger partial charge < -0.3 is 10.5 Å². The molecule has 3 aromatic rings. The number of nitrogens with zero attached hydrogens (tertiary/aromatic N) is 1. The molecule has 3 rings (SSSR count). The van der Waals surface area contributed by atoms with Crippen molar-refractivity contribution >= 4 is 5.69 Å². The first-order chi connectivity index (χ1) is 10.7. The van der Waals surface area contributed by atoms with Gasteiger partial charge in [-0.2, -0.15) is 0 Å². The summed E-state index contributed by atoms with van der Waals surface area (Å²) in [5.41, 5.74) is 11.0. The molecule has 0 saturated carbocycles. The minimum Gasteiger partial charge on any atom is -0.489 e. The molecule has 0 amide bonds. The van der Waals surface area contributed by atoms with Crippen LogP contribution in [0.2, 0.25) is 0 Å². The van der Waals surface area contributed by atoms with Crippen molar-refractivity contribution in [2.24, 2.45) is 0 Å². The van der Waals surface area contributed by atoms with Gasteiger partial charge in [-0.1, -0.05) is 30.3 Å². The SMILES string of the molecule is Cc1cncc(-c2cc(OCc3ccccc3)ccc2N)c1. The maximum Gasteiger partial charge on any atom is 0.120 e. The summed E-state index contributed by atoms with van der Waals surface area (Å²) in [5, 5.41) is 0. The first-order valence-corrected chi connectivity index (χ1v) is 7.20. The van der Waals surface area contributed by atoms with Crippen molar-refractivity contribution in [2.75, 3.05) is 5.73 Å². The maximum absolute atomic E-state index is 6.10. The summed E-state index contributed by atoms with van der Waals surface area (Å²) in [6, 6.07) is 17.9. The van der Waals surface area contributed by atoms with Gasteiger partial charge in [-0.25, -0.2) is 0 Å². The van der Waals surface area contributed by atoms with E-state index in [0.717, 1.165) is 33.7 Å². The lowest BCUT2D eigenvalue weighted by Gasteiger charge is -2.11. The van der Waals surface area contributed by atoms with Crippen LogP contribution in [0.1, 0.15) is 11.1 Å². The normalized spacial score (nSPS) is 10.4. The first-order valence-electron chi connectivity index (χ1n) is 7.20. The zero-order valence-corrected chi connectivity index (χ0v) is 12.5. The predicted molar refractivity (Wildman–Crippen MR) is 89.6 cm³/mol. The molecule has 0 unspecified atom stereocenters. The summed E-state index contributed by atoms with van der Waals surface area (Å²) in [6.45, 7) is 2.55. The molecule has 0 spiro atoms. The summed E-state index contributed by atoms with van der Waals surface area (Å²) in [7, 11) is 0. The molecule has 0 fully saturated rings. The Morgan fingerprint density at radius 1 is 1.00 bits per heavy atom. The van der Waals surface area contributed by atoms with Crippen LogP contribution in [0, 0.1) is 6.92 Å². The molecule has 0 atom stereocenters. The molecule has 3 nitrogen and oxygen atoms in total. The predicted octanol–water partition coefficient (Wildman–Crippen LogP) is 4.22. The Hall–Kier alpha value is -2.81. The lowest BCUT2D eigenvalue weighted by Crippen LogP contribution is -1.97. The van der Waals surface area contributed by atoms with E-state index in [0.29, 0.717) is 6.61 Å². The molecule has 1 aromatic heterocycles. The van der Waals surface area contributed by atoms with Crippen LogP contribution < -0.4 is 10.5 Å². The molecule has 0 saturated heterocycles. The van der Waals surface area contributed by atoms with E-state index >= 15 is 0 Å². The molecule has 0 radical (unpaired) electrons. The Labute approximate surface area is 130 Å². The number of pyridine rings is 1. The van der Waals surface area contributed by atoms with Gasteiger partial charge in [0.2, 0.25) is 0 Å². The summed E-state index contributed by atoms with van der Waals surface area (Å²) >= 11 is 0. The van der Waals surface area contributed by atoms with Gasteiger partial charge in [0, 0.05) is 29.2 Å². The molecular formula is C19H18N2O. The van der Waals surface area contributed by atoms with Gasteiger partial charge in [-0.15, -0.1) is 0 Å². The number of aromatic nitrogens is 1. The van der Waals surface area contributed by atoms with E-state index in [9.17, 15) is 0 Å². The molecule has 3 heteroatoms. The summed E-state index contributed by atoms with van der Waals surface area (Å²) in [5.74, 6) is 0.801. The van der Waals surface area contributed by atoms with Crippen LogP contribution in [0.3, 0.4) is 0 Å². The Bertz CT molecular complexity index is 769. The molecule has 0 aliphatic carbocycles. The molecule has 0 aliphatic heterocycles. The maximum atomic E-state index is 6.10. The largest absolute Gasteiger partial charge is 0.489 e. The van der Waals surface area contributed by atoms with E-state index in [1.807, 2.05) is 67.8 Å². The fourth-order valence-corrected chi connectivity index (χ4v) is 2.32. The minimum absolute atomic E-state index is 0.538. The van der Waals surface area contributed by atoms with E-state index in [2.05, 4.69) is 11.1 Å². The lowest BCUT2D eigenvalue weighted by atomic mass is 10.0. The average Bonchev–Trinajstić information content (AvgIpc) is 2.55. The lowest BCUT2D eigenvalue weighted by molar-refractivity contribution is 0.306. The fourth-order valence-electron chi connectivity index (χ4n) is 2.32. The number of aryl methyl sites for hydroxylation is 1. The molecule has 110 valence electrons. The van der Waals surface area contributed by atoms with Gasteiger partial charge in [0.05, 0.1) is 0 Å². The number of benzene rings is 2. The first kappa shape index (κ1) is 14.1. The van der Waals surface area contributed by atoms with E-state index in [4.69, 9.17) is 10.5 Å². The van der Waals surface area contributed by atoms with Crippen LogP contribution in [0.5, 0.6) is 5.75 Å². The topological polar surface area (TPSA) is 48.1 Å². The third-order valence-corrected chi connectivity index (χ3v) is 3.46. The highest BCUT2D eigenvalue weighted by Gasteiger charge is 2.06. The smallest absolute Gasteiger partial charge is 0.120 e. The van der Waals surface area contributed by atoms with Gasteiger partial charge in [-0.05, 0) is 42.3 Å². The summed E-state index contributed by atoms with van der Waals surface area (Å²) in [4.78, 5) is 4.23. The van der Waals surface area contributed by atoms with Gasteiger partial charge in [0.25, 0.3) is 0 Å². The Kier molecular flexibility index (Phi) is 4.05. The molecule has 1 heterocycles. The van der Waals surface area contributed by atoms with E-state index in [1.165, 1.54) is 0 Å². The van der Waals surface area contributed by atoms with E-state index < -0.39 is 0 Å². The quantitative estimate of drug-likeness (QED) is 0.732. The summed E-state index contributed by atoms with van der Waals surface area (Å²) < 4.78 is 5.86. The highest BCUT2D eigenvalue weighted by atomic mass is 16.5. The van der Waals surface area contributed by atoms with Crippen molar-refractivity contribution in [3.63, 3.8) is 0 Å². The highest BCUT2D eigenvalue weighted by molar-refractivity contribution is 5.77.